The lowest BCUT2D eigenvalue weighted by atomic mass is 10.1. The quantitative estimate of drug-likeness (QED) is 0.0293. The van der Waals surface area contributed by atoms with Crippen LogP contribution in [0, 0.1) is 0 Å². The highest BCUT2D eigenvalue weighted by molar-refractivity contribution is 7.46. The minimum atomic E-state index is -4.77. The van der Waals surface area contributed by atoms with Gasteiger partial charge >= 0.3 is 19.8 Å². The van der Waals surface area contributed by atoms with Gasteiger partial charge in [0.15, 0.2) is 6.10 Å². The SMILES string of the molecule is CCCC/C=C/C/C=C/CCCCCCCC(=O)OC[C@H](COP(=O)(O)O)OC(=O)CCC/C=C/C/C=C/C/C=C/CCCCCCCC. The van der Waals surface area contributed by atoms with Crippen molar-refractivity contribution in [2.24, 2.45) is 0 Å². The molecule has 0 unspecified atom stereocenters. The van der Waals surface area contributed by atoms with E-state index in [-0.39, 0.29) is 19.4 Å². The first kappa shape index (κ1) is 46.8. The minimum absolute atomic E-state index is 0.135. The molecular weight excluding hydrogens is 639 g/mol. The van der Waals surface area contributed by atoms with Crippen molar-refractivity contribution in [1.29, 1.82) is 0 Å². The number of hydrogen-bond acceptors (Lipinski definition) is 6. The number of phosphoric acid groups is 1. The first-order chi connectivity index (χ1) is 23.8. The van der Waals surface area contributed by atoms with Crippen molar-refractivity contribution < 1.29 is 37.9 Å². The van der Waals surface area contributed by atoms with Crippen LogP contribution in [-0.2, 0) is 28.2 Å². The molecule has 0 aliphatic carbocycles. The first-order valence-electron chi connectivity index (χ1n) is 19.1. The van der Waals surface area contributed by atoms with E-state index in [0.717, 1.165) is 64.2 Å². The fraction of sp³-hybridized carbons (Fsp3) is 0.700. The van der Waals surface area contributed by atoms with Crippen LogP contribution in [0.2, 0.25) is 0 Å². The fourth-order valence-corrected chi connectivity index (χ4v) is 5.23. The van der Waals surface area contributed by atoms with E-state index in [1.807, 2.05) is 6.08 Å². The van der Waals surface area contributed by atoms with E-state index in [0.29, 0.717) is 19.3 Å². The average Bonchev–Trinajstić information content (AvgIpc) is 3.07. The zero-order valence-corrected chi connectivity index (χ0v) is 31.7. The molecule has 0 fully saturated rings. The van der Waals surface area contributed by atoms with Crippen LogP contribution in [0.3, 0.4) is 0 Å². The highest BCUT2D eigenvalue weighted by atomic mass is 31.2. The summed E-state index contributed by atoms with van der Waals surface area (Å²) in [5.41, 5.74) is 0. The normalized spacial score (nSPS) is 13.1. The van der Waals surface area contributed by atoms with Crippen LogP contribution in [-0.4, -0.2) is 41.0 Å². The summed E-state index contributed by atoms with van der Waals surface area (Å²) in [7, 11) is -4.77. The number of hydrogen-bond donors (Lipinski definition) is 2. The van der Waals surface area contributed by atoms with Crippen molar-refractivity contribution in [3.63, 3.8) is 0 Å². The van der Waals surface area contributed by atoms with Gasteiger partial charge in [-0.1, -0.05) is 139 Å². The summed E-state index contributed by atoms with van der Waals surface area (Å²) in [4.78, 5) is 42.7. The van der Waals surface area contributed by atoms with Crippen molar-refractivity contribution in [3.05, 3.63) is 60.8 Å². The number of esters is 2. The molecule has 9 heteroatoms. The number of phosphoric ester groups is 1. The van der Waals surface area contributed by atoms with Crippen LogP contribution in [0.5, 0.6) is 0 Å². The molecule has 2 N–H and O–H groups in total. The number of ether oxygens (including phenoxy) is 2. The summed E-state index contributed by atoms with van der Waals surface area (Å²) in [6.07, 6.45) is 43.7. The molecule has 1 atom stereocenters. The smallest absolute Gasteiger partial charge is 0.462 e. The predicted molar refractivity (Wildman–Crippen MR) is 202 cm³/mol. The summed E-state index contributed by atoms with van der Waals surface area (Å²) in [5.74, 6) is -0.967. The number of carbonyl (C=O) groups is 2. The Labute approximate surface area is 298 Å². The van der Waals surface area contributed by atoms with Gasteiger partial charge in [0.25, 0.3) is 0 Å². The summed E-state index contributed by atoms with van der Waals surface area (Å²) < 4.78 is 26.2. The van der Waals surface area contributed by atoms with Gasteiger partial charge in [-0.3, -0.25) is 14.1 Å². The fourth-order valence-electron chi connectivity index (χ4n) is 4.87. The van der Waals surface area contributed by atoms with Crippen LogP contribution in [0.15, 0.2) is 60.8 Å². The van der Waals surface area contributed by atoms with Crippen LogP contribution < -0.4 is 0 Å². The summed E-state index contributed by atoms with van der Waals surface area (Å²) in [5, 5.41) is 0. The number of rotatable bonds is 34. The Bertz CT molecular complexity index is 979. The third-order valence-electron chi connectivity index (χ3n) is 7.76. The van der Waals surface area contributed by atoms with E-state index >= 15 is 0 Å². The van der Waals surface area contributed by atoms with Gasteiger partial charge in [-0.2, -0.15) is 0 Å². The van der Waals surface area contributed by atoms with E-state index in [1.54, 1.807) is 0 Å². The Morgan fingerprint density at radius 2 is 0.959 bits per heavy atom. The highest BCUT2D eigenvalue weighted by Crippen LogP contribution is 2.35. The first-order valence-corrected chi connectivity index (χ1v) is 20.6. The molecule has 0 aromatic heterocycles. The van der Waals surface area contributed by atoms with Crippen molar-refractivity contribution in [2.45, 2.75) is 168 Å². The lowest BCUT2D eigenvalue weighted by Gasteiger charge is -2.18. The van der Waals surface area contributed by atoms with E-state index in [4.69, 9.17) is 19.3 Å². The molecule has 0 spiro atoms. The Balaban J connectivity index is 4.09. The van der Waals surface area contributed by atoms with Gasteiger partial charge in [0.1, 0.15) is 6.61 Å². The molecule has 0 amide bonds. The molecule has 0 rings (SSSR count). The van der Waals surface area contributed by atoms with Crippen molar-refractivity contribution in [2.75, 3.05) is 13.2 Å². The van der Waals surface area contributed by atoms with Crippen molar-refractivity contribution in [3.8, 4) is 0 Å². The van der Waals surface area contributed by atoms with E-state index in [2.05, 4.69) is 73.1 Å². The van der Waals surface area contributed by atoms with Gasteiger partial charge in [-0.25, -0.2) is 4.57 Å². The average molecular weight is 709 g/mol. The maximum Gasteiger partial charge on any atom is 0.469 e. The predicted octanol–water partition coefficient (Wildman–Crippen LogP) is 11.3. The molecule has 0 radical (unpaired) electrons. The molecule has 0 bridgehead atoms. The Morgan fingerprint density at radius 3 is 1.49 bits per heavy atom. The number of carbonyl (C=O) groups excluding carboxylic acids is 2. The minimum Gasteiger partial charge on any atom is -0.462 e. The molecule has 282 valence electrons. The maximum absolute atomic E-state index is 12.3. The monoisotopic (exact) mass is 708 g/mol. The second-order valence-corrected chi connectivity index (χ2v) is 13.8. The molecule has 0 heterocycles. The van der Waals surface area contributed by atoms with Gasteiger partial charge in [0, 0.05) is 12.8 Å². The molecule has 0 aliphatic heterocycles. The summed E-state index contributed by atoms with van der Waals surface area (Å²) in [6, 6.07) is 0. The third-order valence-corrected chi connectivity index (χ3v) is 8.24. The Kier molecular flexibility index (Phi) is 33.9. The molecule has 0 saturated heterocycles. The van der Waals surface area contributed by atoms with E-state index in [9.17, 15) is 14.2 Å². The Hall–Kier alpha value is -2.25. The largest absolute Gasteiger partial charge is 0.469 e. The van der Waals surface area contributed by atoms with Crippen LogP contribution in [0.1, 0.15) is 162 Å². The van der Waals surface area contributed by atoms with E-state index in [1.165, 1.54) is 51.4 Å². The van der Waals surface area contributed by atoms with Crippen LogP contribution in [0.4, 0.5) is 0 Å². The lowest BCUT2D eigenvalue weighted by Crippen LogP contribution is -2.29. The molecule has 8 nitrogen and oxygen atoms in total. The van der Waals surface area contributed by atoms with Gasteiger partial charge in [0.05, 0.1) is 6.61 Å². The second kappa shape index (κ2) is 35.6. The molecule has 49 heavy (non-hydrogen) atoms. The standard InChI is InChI=1S/C40H69O8P/c1-3-5-7-9-11-13-15-17-19-20-21-23-25-27-29-31-33-35-40(42)48-38(37-47-49(43,44)45)36-46-39(41)34-32-30-28-26-24-22-18-16-14-12-10-8-6-4-2/h10,12,16-19,21,23,27,29,38H,3-9,11,13-15,20,22,24-26,28,30-37H2,1-2H3,(H2,43,44,45)/b12-10+,18-16+,19-17+,23-21+,29-27+/t38-/m1/s1. The molecule has 0 aliphatic rings. The zero-order valence-electron chi connectivity index (χ0n) is 30.8. The maximum atomic E-state index is 12.3. The second-order valence-electron chi connectivity index (χ2n) is 12.5. The topological polar surface area (TPSA) is 119 Å². The third kappa shape index (κ3) is 38.4. The van der Waals surface area contributed by atoms with E-state index < -0.39 is 32.5 Å². The summed E-state index contributed by atoms with van der Waals surface area (Å²) in [6.45, 7) is 3.56. The van der Waals surface area contributed by atoms with Gasteiger partial charge in [-0.15, -0.1) is 0 Å². The lowest BCUT2D eigenvalue weighted by molar-refractivity contribution is -0.161. The molecule has 0 aromatic carbocycles. The van der Waals surface area contributed by atoms with Crippen LogP contribution >= 0.6 is 7.82 Å². The molecular formula is C40H69O8P. The zero-order chi connectivity index (χ0) is 36.1. The van der Waals surface area contributed by atoms with Gasteiger partial charge < -0.3 is 19.3 Å². The van der Waals surface area contributed by atoms with Gasteiger partial charge in [-0.05, 0) is 70.6 Å². The molecule has 0 aromatic rings. The van der Waals surface area contributed by atoms with Gasteiger partial charge in [0.2, 0.25) is 0 Å². The van der Waals surface area contributed by atoms with Crippen molar-refractivity contribution in [1.82, 2.24) is 0 Å². The molecule has 0 saturated carbocycles. The highest BCUT2D eigenvalue weighted by Gasteiger charge is 2.22. The van der Waals surface area contributed by atoms with Crippen molar-refractivity contribution >= 4 is 19.8 Å². The Morgan fingerprint density at radius 1 is 0.531 bits per heavy atom. The van der Waals surface area contributed by atoms with Crippen LogP contribution in [0.25, 0.3) is 0 Å². The number of allylic oxidation sites excluding steroid dienone is 10. The summed E-state index contributed by atoms with van der Waals surface area (Å²) >= 11 is 0. The number of unbranched alkanes of at least 4 members (excludes halogenated alkanes) is 14.